The van der Waals surface area contributed by atoms with Gasteiger partial charge in [-0.25, -0.2) is 4.79 Å². The summed E-state index contributed by atoms with van der Waals surface area (Å²) in [6.45, 7) is 7.46. The van der Waals surface area contributed by atoms with E-state index >= 15 is 0 Å². The van der Waals surface area contributed by atoms with E-state index in [0.717, 1.165) is 5.76 Å². The number of amides is 1. The molecular weight excluding hydrogens is 334 g/mol. The number of aromatic amines is 1. The van der Waals surface area contributed by atoms with Gasteiger partial charge in [-0.15, -0.1) is 0 Å². The minimum atomic E-state index is -0.424. The van der Waals surface area contributed by atoms with Crippen LogP contribution >= 0.6 is 0 Å². The number of esters is 1. The first-order chi connectivity index (χ1) is 12.2. The van der Waals surface area contributed by atoms with Gasteiger partial charge in [0.25, 0.3) is 5.91 Å². The molecule has 7 heteroatoms. The summed E-state index contributed by atoms with van der Waals surface area (Å²) < 4.78 is 10.7. The van der Waals surface area contributed by atoms with Crippen LogP contribution in [0.5, 0.6) is 0 Å². The van der Waals surface area contributed by atoms with Crippen molar-refractivity contribution < 1.29 is 18.7 Å². The molecule has 2 N–H and O–H groups in total. The second-order valence-electron chi connectivity index (χ2n) is 6.78. The smallest absolute Gasteiger partial charge is 0.340 e. The molecule has 0 aliphatic rings. The third-order valence-electron chi connectivity index (χ3n) is 4.16. The summed E-state index contributed by atoms with van der Waals surface area (Å²) in [4.78, 5) is 29.9. The molecule has 2 aromatic heterocycles. The number of likely N-dealkylation sites (N-methyl/N-ethyl adjacent to an activating group) is 1. The number of furan rings is 1. The Labute approximate surface area is 153 Å². The van der Waals surface area contributed by atoms with Crippen molar-refractivity contribution in [2.24, 2.45) is 0 Å². The Bertz CT molecular complexity index is 760. The number of carbonyl (C=O) groups excluding carboxylic acids is 2. The van der Waals surface area contributed by atoms with Gasteiger partial charge in [0.05, 0.1) is 24.0 Å². The van der Waals surface area contributed by atoms with E-state index in [1.54, 1.807) is 34.0 Å². The van der Waals surface area contributed by atoms with Crippen LogP contribution in [0.1, 0.15) is 57.8 Å². The van der Waals surface area contributed by atoms with Crippen LogP contribution in [-0.2, 0) is 4.74 Å². The van der Waals surface area contributed by atoms with Gasteiger partial charge in [-0.1, -0.05) is 0 Å². The fourth-order valence-electron chi connectivity index (χ4n) is 2.85. The van der Waals surface area contributed by atoms with Crippen molar-refractivity contribution in [1.29, 1.82) is 0 Å². The number of nitrogens with zero attached hydrogens (tertiary/aromatic N) is 1. The summed E-state index contributed by atoms with van der Waals surface area (Å²) in [5, 5.41) is 2.91. The lowest BCUT2D eigenvalue weighted by Crippen LogP contribution is -2.34. The Hall–Kier alpha value is -2.54. The molecule has 2 aromatic rings. The average Bonchev–Trinajstić information content (AvgIpc) is 3.14. The molecule has 142 valence electrons. The highest BCUT2D eigenvalue weighted by atomic mass is 16.5. The number of rotatable bonds is 7. The minimum absolute atomic E-state index is 0.0873. The van der Waals surface area contributed by atoms with E-state index in [9.17, 15) is 9.59 Å². The molecule has 0 aliphatic carbocycles. The number of aryl methyl sites for hydroxylation is 1. The number of H-pyrrole nitrogens is 1. The zero-order chi connectivity index (χ0) is 19.4. The average molecular weight is 361 g/mol. The van der Waals surface area contributed by atoms with Crippen molar-refractivity contribution in [2.75, 3.05) is 20.6 Å². The molecule has 0 radical (unpaired) electrons. The predicted octanol–water partition coefficient (Wildman–Crippen LogP) is 2.82. The molecule has 1 amide bonds. The van der Waals surface area contributed by atoms with Crippen molar-refractivity contribution in [1.82, 2.24) is 15.2 Å². The van der Waals surface area contributed by atoms with Gasteiger partial charge >= 0.3 is 5.97 Å². The first-order valence-corrected chi connectivity index (χ1v) is 8.60. The zero-order valence-corrected chi connectivity index (χ0v) is 16.2. The molecule has 2 rings (SSSR count). The molecule has 1 unspecified atom stereocenters. The van der Waals surface area contributed by atoms with E-state index in [4.69, 9.17) is 9.15 Å². The van der Waals surface area contributed by atoms with Crippen LogP contribution in [0, 0.1) is 13.8 Å². The standard InChI is InChI=1S/C19H27N3O4/c1-11(2)26-19(24)16-12(3)17(21-13(16)4)18(23)20-10-14(22(5)6)15-8-7-9-25-15/h7-9,11,14,21H,10H2,1-6H3,(H,20,23). The van der Waals surface area contributed by atoms with Gasteiger partial charge in [0, 0.05) is 12.2 Å². The quantitative estimate of drug-likeness (QED) is 0.741. The summed E-state index contributed by atoms with van der Waals surface area (Å²) >= 11 is 0. The molecule has 0 bridgehead atoms. The van der Waals surface area contributed by atoms with Crippen molar-refractivity contribution in [2.45, 2.75) is 39.8 Å². The van der Waals surface area contributed by atoms with Crippen LogP contribution < -0.4 is 5.32 Å². The lowest BCUT2D eigenvalue weighted by Gasteiger charge is -2.22. The number of nitrogens with one attached hydrogen (secondary N) is 2. The number of carbonyl (C=O) groups is 2. The van der Waals surface area contributed by atoms with Gasteiger partial charge in [0.2, 0.25) is 0 Å². The minimum Gasteiger partial charge on any atom is -0.468 e. The van der Waals surface area contributed by atoms with E-state index in [1.165, 1.54) is 0 Å². The van der Waals surface area contributed by atoms with Crippen molar-refractivity contribution >= 4 is 11.9 Å². The van der Waals surface area contributed by atoms with Crippen LogP contribution in [0.2, 0.25) is 0 Å². The van der Waals surface area contributed by atoms with E-state index in [-0.39, 0.29) is 18.1 Å². The van der Waals surface area contributed by atoms with E-state index in [2.05, 4.69) is 10.3 Å². The molecule has 0 fully saturated rings. The Kier molecular flexibility index (Phi) is 6.26. The fraction of sp³-hybridized carbons (Fsp3) is 0.474. The Balaban J connectivity index is 2.14. The molecule has 1 atom stereocenters. The largest absolute Gasteiger partial charge is 0.468 e. The van der Waals surface area contributed by atoms with Crippen molar-refractivity contribution in [3.8, 4) is 0 Å². The summed E-state index contributed by atoms with van der Waals surface area (Å²) in [7, 11) is 3.84. The highest BCUT2D eigenvalue weighted by Crippen LogP contribution is 2.21. The second-order valence-corrected chi connectivity index (χ2v) is 6.78. The molecular formula is C19H27N3O4. The van der Waals surface area contributed by atoms with Crippen LogP contribution in [0.3, 0.4) is 0 Å². The molecule has 0 spiro atoms. The maximum atomic E-state index is 12.6. The molecule has 2 heterocycles. The number of ether oxygens (including phenoxy) is 1. The van der Waals surface area contributed by atoms with E-state index in [1.807, 2.05) is 31.1 Å². The SMILES string of the molecule is Cc1[nH]c(C(=O)NCC(c2ccco2)N(C)C)c(C)c1C(=O)OC(C)C. The normalized spacial score (nSPS) is 12.5. The van der Waals surface area contributed by atoms with Crippen molar-refractivity contribution in [3.63, 3.8) is 0 Å². The summed E-state index contributed by atoms with van der Waals surface area (Å²) in [5.41, 5.74) is 1.99. The molecule has 7 nitrogen and oxygen atoms in total. The van der Waals surface area contributed by atoms with Gasteiger partial charge in [-0.3, -0.25) is 9.69 Å². The molecule has 0 saturated carbocycles. The monoisotopic (exact) mass is 361 g/mol. The highest BCUT2D eigenvalue weighted by molar-refractivity contribution is 6.00. The topological polar surface area (TPSA) is 87.6 Å². The molecule has 0 saturated heterocycles. The van der Waals surface area contributed by atoms with Gasteiger partial charge in [-0.2, -0.15) is 0 Å². The summed E-state index contributed by atoms with van der Waals surface area (Å²) in [6.07, 6.45) is 1.39. The van der Waals surface area contributed by atoms with Crippen LogP contribution in [0.25, 0.3) is 0 Å². The predicted molar refractivity (Wildman–Crippen MR) is 98.3 cm³/mol. The first kappa shape index (κ1) is 19.8. The molecule has 0 aliphatic heterocycles. The van der Waals surface area contributed by atoms with E-state index in [0.29, 0.717) is 29.1 Å². The summed E-state index contributed by atoms with van der Waals surface area (Å²) in [6, 6.07) is 3.61. The third-order valence-corrected chi connectivity index (χ3v) is 4.16. The lowest BCUT2D eigenvalue weighted by atomic mass is 10.1. The van der Waals surface area contributed by atoms with E-state index < -0.39 is 5.97 Å². The molecule has 0 aromatic carbocycles. The maximum absolute atomic E-state index is 12.6. The first-order valence-electron chi connectivity index (χ1n) is 8.60. The second kappa shape index (κ2) is 8.23. The van der Waals surface area contributed by atoms with Gasteiger partial charge in [-0.05, 0) is 59.5 Å². The zero-order valence-electron chi connectivity index (χ0n) is 16.2. The number of aromatic nitrogens is 1. The Morgan fingerprint density at radius 1 is 1.31 bits per heavy atom. The fourth-order valence-corrected chi connectivity index (χ4v) is 2.85. The van der Waals surface area contributed by atoms with Gasteiger partial charge < -0.3 is 19.5 Å². The van der Waals surface area contributed by atoms with Crippen molar-refractivity contribution in [3.05, 3.63) is 46.7 Å². The van der Waals surface area contributed by atoms with Crippen LogP contribution in [-0.4, -0.2) is 48.5 Å². The van der Waals surface area contributed by atoms with Gasteiger partial charge in [0.15, 0.2) is 0 Å². The summed E-state index contributed by atoms with van der Waals surface area (Å²) in [5.74, 6) is 0.0792. The Morgan fingerprint density at radius 3 is 2.54 bits per heavy atom. The highest BCUT2D eigenvalue weighted by Gasteiger charge is 2.25. The molecule has 26 heavy (non-hydrogen) atoms. The van der Waals surface area contributed by atoms with Crippen LogP contribution in [0.15, 0.2) is 22.8 Å². The Morgan fingerprint density at radius 2 is 2.00 bits per heavy atom. The van der Waals surface area contributed by atoms with Crippen LogP contribution in [0.4, 0.5) is 0 Å². The third kappa shape index (κ3) is 4.35. The lowest BCUT2D eigenvalue weighted by molar-refractivity contribution is 0.0376. The maximum Gasteiger partial charge on any atom is 0.340 e. The number of hydrogen-bond acceptors (Lipinski definition) is 5. The number of hydrogen-bond donors (Lipinski definition) is 2. The van der Waals surface area contributed by atoms with Gasteiger partial charge in [0.1, 0.15) is 11.5 Å².